The smallest absolute Gasteiger partial charge is 0.229 e. The Labute approximate surface area is 98.7 Å². The number of aromatic amines is 1. The minimum Gasteiger partial charge on any atom is -0.307 e. The summed E-state index contributed by atoms with van der Waals surface area (Å²) in [6.07, 6.45) is 1.53. The van der Waals surface area contributed by atoms with E-state index in [0.29, 0.717) is 23.4 Å². The third-order valence-corrected chi connectivity index (χ3v) is 2.23. The number of rotatable bonds is 3. The molecule has 0 saturated carbocycles. The summed E-state index contributed by atoms with van der Waals surface area (Å²) >= 11 is 0. The topological polar surface area (TPSA) is 90.3 Å². The van der Waals surface area contributed by atoms with Crippen LogP contribution in [0.5, 0.6) is 0 Å². The maximum absolute atomic E-state index is 8.72. The zero-order valence-corrected chi connectivity index (χ0v) is 9.60. The fourth-order valence-corrected chi connectivity index (χ4v) is 1.29. The van der Waals surface area contributed by atoms with Crippen LogP contribution < -0.4 is 5.32 Å². The minimum atomic E-state index is 0.321. The molecule has 2 heterocycles. The SMILES string of the molecule is CC(C)c1cc(Nc2nccc(C#N)n2)n[nH]1. The lowest BCUT2D eigenvalue weighted by molar-refractivity contribution is 0.811. The van der Waals surface area contributed by atoms with Gasteiger partial charge in [-0.1, -0.05) is 13.8 Å². The van der Waals surface area contributed by atoms with E-state index in [1.807, 2.05) is 12.1 Å². The van der Waals surface area contributed by atoms with Crippen molar-refractivity contribution < 1.29 is 0 Å². The molecule has 0 atom stereocenters. The molecule has 0 unspecified atom stereocenters. The predicted molar refractivity (Wildman–Crippen MR) is 62.7 cm³/mol. The molecule has 0 aliphatic heterocycles. The van der Waals surface area contributed by atoms with Crippen LogP contribution in [-0.2, 0) is 0 Å². The summed E-state index contributed by atoms with van der Waals surface area (Å²) in [5, 5.41) is 18.7. The Hall–Kier alpha value is -2.42. The molecule has 0 fully saturated rings. The number of nitriles is 1. The Morgan fingerprint density at radius 3 is 2.94 bits per heavy atom. The van der Waals surface area contributed by atoms with Crippen LogP contribution in [0.15, 0.2) is 18.3 Å². The average molecular weight is 228 g/mol. The van der Waals surface area contributed by atoms with Gasteiger partial charge in [-0.15, -0.1) is 0 Å². The zero-order valence-electron chi connectivity index (χ0n) is 9.60. The Morgan fingerprint density at radius 2 is 2.29 bits per heavy atom. The largest absolute Gasteiger partial charge is 0.307 e. The van der Waals surface area contributed by atoms with Crippen LogP contribution in [0.25, 0.3) is 0 Å². The number of anilines is 2. The molecule has 0 bridgehead atoms. The minimum absolute atomic E-state index is 0.321. The monoisotopic (exact) mass is 228 g/mol. The molecule has 0 amide bonds. The number of hydrogen-bond donors (Lipinski definition) is 2. The Kier molecular flexibility index (Phi) is 3.01. The van der Waals surface area contributed by atoms with Gasteiger partial charge < -0.3 is 5.32 Å². The first-order valence-corrected chi connectivity index (χ1v) is 5.24. The number of hydrogen-bond acceptors (Lipinski definition) is 5. The van der Waals surface area contributed by atoms with Gasteiger partial charge in [-0.25, -0.2) is 9.97 Å². The average Bonchev–Trinajstić information content (AvgIpc) is 2.78. The number of H-pyrrole nitrogens is 1. The van der Waals surface area contributed by atoms with E-state index in [4.69, 9.17) is 5.26 Å². The van der Waals surface area contributed by atoms with E-state index in [0.717, 1.165) is 5.69 Å². The summed E-state index contributed by atoms with van der Waals surface area (Å²) in [5.41, 5.74) is 1.35. The molecule has 6 heteroatoms. The lowest BCUT2D eigenvalue weighted by atomic mass is 10.1. The van der Waals surface area contributed by atoms with E-state index in [2.05, 4.69) is 39.3 Å². The molecular formula is C11H12N6. The van der Waals surface area contributed by atoms with Crippen LogP contribution in [0, 0.1) is 11.3 Å². The molecule has 2 aromatic heterocycles. The summed E-state index contributed by atoms with van der Waals surface area (Å²) in [6.45, 7) is 4.15. The highest BCUT2D eigenvalue weighted by molar-refractivity contribution is 5.48. The van der Waals surface area contributed by atoms with Crippen LogP contribution >= 0.6 is 0 Å². The molecule has 6 nitrogen and oxygen atoms in total. The van der Waals surface area contributed by atoms with Gasteiger partial charge in [-0.05, 0) is 12.0 Å². The van der Waals surface area contributed by atoms with Crippen molar-refractivity contribution >= 4 is 11.8 Å². The van der Waals surface area contributed by atoms with Gasteiger partial charge in [0, 0.05) is 18.0 Å². The molecule has 0 radical (unpaired) electrons. The van der Waals surface area contributed by atoms with Gasteiger partial charge in [-0.2, -0.15) is 10.4 Å². The molecule has 17 heavy (non-hydrogen) atoms. The highest BCUT2D eigenvalue weighted by Crippen LogP contribution is 2.16. The van der Waals surface area contributed by atoms with Crippen molar-refractivity contribution in [3.63, 3.8) is 0 Å². The zero-order chi connectivity index (χ0) is 12.3. The summed E-state index contributed by atoms with van der Waals surface area (Å²) in [5.74, 6) is 1.39. The van der Waals surface area contributed by atoms with Gasteiger partial charge in [0.15, 0.2) is 5.82 Å². The summed E-state index contributed by atoms with van der Waals surface area (Å²) < 4.78 is 0. The maximum atomic E-state index is 8.72. The van der Waals surface area contributed by atoms with Crippen molar-refractivity contribution in [1.29, 1.82) is 5.26 Å². The van der Waals surface area contributed by atoms with Gasteiger partial charge in [0.2, 0.25) is 5.95 Å². The fourth-order valence-electron chi connectivity index (χ4n) is 1.29. The maximum Gasteiger partial charge on any atom is 0.229 e. The van der Waals surface area contributed by atoms with Crippen molar-refractivity contribution in [3.8, 4) is 6.07 Å². The molecule has 2 N–H and O–H groups in total. The van der Waals surface area contributed by atoms with E-state index >= 15 is 0 Å². The second-order valence-corrected chi connectivity index (χ2v) is 3.87. The van der Waals surface area contributed by atoms with Gasteiger partial charge in [0.05, 0.1) is 0 Å². The van der Waals surface area contributed by atoms with Gasteiger partial charge in [-0.3, -0.25) is 5.10 Å². The van der Waals surface area contributed by atoms with Gasteiger partial charge >= 0.3 is 0 Å². The van der Waals surface area contributed by atoms with Gasteiger partial charge in [0.1, 0.15) is 11.8 Å². The fraction of sp³-hybridized carbons (Fsp3) is 0.273. The summed E-state index contributed by atoms with van der Waals surface area (Å²) in [6, 6.07) is 5.40. The molecule has 0 aliphatic rings. The van der Waals surface area contributed by atoms with E-state index in [1.54, 1.807) is 6.07 Å². The van der Waals surface area contributed by atoms with Crippen molar-refractivity contribution in [2.75, 3.05) is 5.32 Å². The first-order valence-electron chi connectivity index (χ1n) is 5.24. The standard InChI is InChI=1S/C11H12N6/c1-7(2)9-5-10(17-16-9)15-11-13-4-3-8(6-12)14-11/h3-5,7H,1-2H3,(H2,13,14,15,16,17). The van der Waals surface area contributed by atoms with E-state index in [-0.39, 0.29) is 0 Å². The van der Waals surface area contributed by atoms with Crippen LogP contribution in [0.4, 0.5) is 11.8 Å². The Balaban J connectivity index is 2.17. The van der Waals surface area contributed by atoms with E-state index < -0.39 is 0 Å². The molecular weight excluding hydrogens is 216 g/mol. The third-order valence-electron chi connectivity index (χ3n) is 2.23. The second-order valence-electron chi connectivity index (χ2n) is 3.87. The van der Waals surface area contributed by atoms with Crippen LogP contribution in [0.3, 0.4) is 0 Å². The van der Waals surface area contributed by atoms with E-state index in [1.165, 1.54) is 6.20 Å². The number of nitrogens with one attached hydrogen (secondary N) is 2. The number of aromatic nitrogens is 4. The summed E-state index contributed by atoms with van der Waals surface area (Å²) in [4.78, 5) is 8.01. The highest BCUT2D eigenvalue weighted by atomic mass is 15.2. The Morgan fingerprint density at radius 1 is 1.47 bits per heavy atom. The molecule has 2 rings (SSSR count). The summed E-state index contributed by atoms with van der Waals surface area (Å²) in [7, 11) is 0. The lowest BCUT2D eigenvalue weighted by Crippen LogP contribution is -1.98. The Bertz CT molecular complexity index is 551. The molecule has 86 valence electrons. The first kappa shape index (κ1) is 11.1. The van der Waals surface area contributed by atoms with Crippen molar-refractivity contribution in [3.05, 3.63) is 29.7 Å². The second kappa shape index (κ2) is 4.61. The third kappa shape index (κ3) is 2.58. The van der Waals surface area contributed by atoms with Crippen molar-refractivity contribution in [2.24, 2.45) is 0 Å². The molecule has 2 aromatic rings. The number of nitrogens with zero attached hydrogens (tertiary/aromatic N) is 4. The molecule has 0 aliphatic carbocycles. The van der Waals surface area contributed by atoms with Crippen LogP contribution in [0.1, 0.15) is 31.2 Å². The highest BCUT2D eigenvalue weighted by Gasteiger charge is 2.06. The van der Waals surface area contributed by atoms with Crippen molar-refractivity contribution in [2.45, 2.75) is 19.8 Å². The van der Waals surface area contributed by atoms with Crippen molar-refractivity contribution in [1.82, 2.24) is 20.2 Å². The lowest BCUT2D eigenvalue weighted by Gasteiger charge is -1.99. The first-order chi connectivity index (χ1) is 8.19. The van der Waals surface area contributed by atoms with E-state index in [9.17, 15) is 0 Å². The molecule has 0 spiro atoms. The quantitative estimate of drug-likeness (QED) is 0.837. The normalized spacial score (nSPS) is 10.2. The van der Waals surface area contributed by atoms with Gasteiger partial charge in [0.25, 0.3) is 0 Å². The predicted octanol–water partition coefficient (Wildman–Crippen LogP) is 1.94. The van der Waals surface area contributed by atoms with Crippen LogP contribution in [0.2, 0.25) is 0 Å². The molecule has 0 aromatic carbocycles. The molecule has 0 saturated heterocycles. The van der Waals surface area contributed by atoms with Crippen LogP contribution in [-0.4, -0.2) is 20.2 Å².